The largest absolute Gasteiger partial charge is 0.497 e. The molecule has 3 fully saturated rings. The molecule has 2 amide bonds. The van der Waals surface area contributed by atoms with Gasteiger partial charge in [-0.15, -0.1) is 0 Å². The minimum atomic E-state index is -0.181. The molecule has 2 N–H and O–H groups in total. The van der Waals surface area contributed by atoms with Gasteiger partial charge in [0.2, 0.25) is 5.91 Å². The molecule has 5 nitrogen and oxygen atoms in total. The molecule has 0 radical (unpaired) electrons. The Bertz CT molecular complexity index is 915. The summed E-state index contributed by atoms with van der Waals surface area (Å²) in [5, 5.41) is 6.21. The summed E-state index contributed by atoms with van der Waals surface area (Å²) in [7, 11) is 1.60. The average molecular weight is 441 g/mol. The third-order valence-corrected chi connectivity index (χ3v) is 5.98. The van der Waals surface area contributed by atoms with E-state index in [1.807, 2.05) is 24.3 Å². The van der Waals surface area contributed by atoms with E-state index in [9.17, 15) is 9.59 Å². The molecule has 0 aromatic heterocycles. The number of hydrogen-bond acceptors (Lipinski definition) is 3. The fourth-order valence-electron chi connectivity index (χ4n) is 4.16. The molecule has 144 valence electrons. The maximum Gasteiger partial charge on any atom is 0.251 e. The van der Waals surface area contributed by atoms with Crippen LogP contribution in [0.1, 0.15) is 35.2 Å². The molecule has 3 aliphatic rings. The summed E-state index contributed by atoms with van der Waals surface area (Å²) in [5.41, 5.74) is 1.23. The average Bonchev–Trinajstić information content (AvgIpc) is 2.65. The minimum absolute atomic E-state index is 0.0857. The highest BCUT2D eigenvalue weighted by Gasteiger charge is 2.69. The first-order chi connectivity index (χ1) is 13.4. The van der Waals surface area contributed by atoms with Crippen LogP contribution >= 0.6 is 15.9 Å². The standard InChI is InChI=1S/C22H21BrN2O3/c1-28-18-9-5-16(6-10-18)20(27)25-22-12-21(13-22,14-22)24-19(26)11-4-15-2-7-17(23)8-3-15/h2-11H,12-14H2,1H3,(H,24,26)(H,25,27)/b11-4+. The predicted octanol–water partition coefficient (Wildman–Crippen LogP) is 3.69. The van der Waals surface area contributed by atoms with Crippen LogP contribution < -0.4 is 15.4 Å². The van der Waals surface area contributed by atoms with Crippen LogP contribution in [0, 0.1) is 0 Å². The van der Waals surface area contributed by atoms with Gasteiger partial charge in [0.05, 0.1) is 7.11 Å². The smallest absolute Gasteiger partial charge is 0.251 e. The highest BCUT2D eigenvalue weighted by molar-refractivity contribution is 9.10. The molecule has 2 aromatic rings. The van der Waals surface area contributed by atoms with Crippen molar-refractivity contribution in [1.82, 2.24) is 10.6 Å². The van der Waals surface area contributed by atoms with Crippen LogP contribution in [-0.2, 0) is 4.79 Å². The van der Waals surface area contributed by atoms with E-state index in [0.717, 1.165) is 35.0 Å². The number of methoxy groups -OCH3 is 1. The highest BCUT2D eigenvalue weighted by atomic mass is 79.9. The Hall–Kier alpha value is -2.60. The molecule has 0 unspecified atom stereocenters. The lowest BCUT2D eigenvalue weighted by Crippen LogP contribution is -2.83. The molecule has 6 heteroatoms. The number of hydrogen-bond donors (Lipinski definition) is 2. The molecule has 0 atom stereocenters. The van der Waals surface area contributed by atoms with Crippen molar-refractivity contribution in [3.8, 4) is 5.75 Å². The maximum absolute atomic E-state index is 12.4. The van der Waals surface area contributed by atoms with E-state index in [4.69, 9.17) is 4.74 Å². The van der Waals surface area contributed by atoms with Gasteiger partial charge >= 0.3 is 0 Å². The van der Waals surface area contributed by atoms with Crippen molar-refractivity contribution in [2.75, 3.05) is 7.11 Å². The van der Waals surface area contributed by atoms with Crippen molar-refractivity contribution < 1.29 is 14.3 Å². The Morgan fingerprint density at radius 2 is 1.57 bits per heavy atom. The van der Waals surface area contributed by atoms with Gasteiger partial charge in [-0.05, 0) is 67.3 Å². The minimum Gasteiger partial charge on any atom is -0.497 e. The van der Waals surface area contributed by atoms with Gasteiger partial charge in [-0.25, -0.2) is 0 Å². The molecular formula is C22H21BrN2O3. The van der Waals surface area contributed by atoms with Crippen molar-refractivity contribution in [3.63, 3.8) is 0 Å². The number of halogens is 1. The molecule has 2 bridgehead atoms. The number of carbonyl (C=O) groups excluding carboxylic acids is 2. The third kappa shape index (κ3) is 3.69. The first-order valence-corrected chi connectivity index (χ1v) is 9.93. The summed E-state index contributed by atoms with van der Waals surface area (Å²) in [6, 6.07) is 14.8. The number of rotatable bonds is 6. The Kier molecular flexibility index (Phi) is 4.75. The number of carbonyl (C=O) groups is 2. The second-order valence-corrected chi connectivity index (χ2v) is 8.56. The van der Waals surface area contributed by atoms with Crippen molar-refractivity contribution in [1.29, 1.82) is 0 Å². The first-order valence-electron chi connectivity index (χ1n) is 9.13. The van der Waals surface area contributed by atoms with Crippen LogP contribution in [0.3, 0.4) is 0 Å². The molecule has 2 aromatic carbocycles. The van der Waals surface area contributed by atoms with Crippen molar-refractivity contribution in [3.05, 3.63) is 70.2 Å². The summed E-state index contributed by atoms with van der Waals surface area (Å²) < 4.78 is 6.12. The van der Waals surface area contributed by atoms with E-state index in [-0.39, 0.29) is 22.9 Å². The lowest BCUT2D eigenvalue weighted by molar-refractivity contribution is -0.135. The zero-order chi connectivity index (χ0) is 19.8. The van der Waals surface area contributed by atoms with E-state index in [1.165, 1.54) is 0 Å². The SMILES string of the molecule is COc1ccc(C(=O)NC23CC(NC(=O)/C=C/c4ccc(Br)cc4)(C2)C3)cc1. The van der Waals surface area contributed by atoms with Gasteiger partial charge in [-0.1, -0.05) is 28.1 Å². The lowest BCUT2D eigenvalue weighted by Gasteiger charge is -2.70. The second kappa shape index (κ2) is 7.09. The molecule has 5 rings (SSSR count). The Morgan fingerprint density at radius 1 is 0.964 bits per heavy atom. The zero-order valence-electron chi connectivity index (χ0n) is 15.5. The molecule has 3 aliphatic carbocycles. The molecule has 28 heavy (non-hydrogen) atoms. The van der Waals surface area contributed by atoms with Crippen LogP contribution in [0.25, 0.3) is 6.08 Å². The molecule has 3 saturated carbocycles. The quantitative estimate of drug-likeness (QED) is 0.672. The Labute approximate surface area is 172 Å². The number of ether oxygens (including phenoxy) is 1. The molecule has 0 saturated heterocycles. The Morgan fingerprint density at radius 3 is 2.18 bits per heavy atom. The van der Waals surface area contributed by atoms with Gasteiger partial charge in [-0.3, -0.25) is 9.59 Å². The lowest BCUT2D eigenvalue weighted by atomic mass is 9.44. The van der Waals surface area contributed by atoms with Gasteiger partial charge in [0.1, 0.15) is 5.75 Å². The van der Waals surface area contributed by atoms with Crippen LogP contribution in [0.5, 0.6) is 5.75 Å². The maximum atomic E-state index is 12.4. The normalized spacial score (nSPS) is 24.8. The first kappa shape index (κ1) is 18.7. The van der Waals surface area contributed by atoms with E-state index < -0.39 is 0 Å². The monoisotopic (exact) mass is 440 g/mol. The number of benzene rings is 2. The van der Waals surface area contributed by atoms with E-state index in [0.29, 0.717) is 5.56 Å². The predicted molar refractivity (Wildman–Crippen MR) is 111 cm³/mol. The number of nitrogens with one attached hydrogen (secondary N) is 2. The topological polar surface area (TPSA) is 67.4 Å². The van der Waals surface area contributed by atoms with Crippen LogP contribution in [0.15, 0.2) is 59.1 Å². The zero-order valence-corrected chi connectivity index (χ0v) is 17.1. The Balaban J connectivity index is 1.27. The molecule has 0 aliphatic heterocycles. The van der Waals surface area contributed by atoms with Gasteiger partial charge < -0.3 is 15.4 Å². The molecular weight excluding hydrogens is 420 g/mol. The van der Waals surface area contributed by atoms with Crippen molar-refractivity contribution >= 4 is 33.8 Å². The van der Waals surface area contributed by atoms with Crippen molar-refractivity contribution in [2.45, 2.75) is 30.3 Å². The van der Waals surface area contributed by atoms with Gasteiger partial charge in [-0.2, -0.15) is 0 Å². The van der Waals surface area contributed by atoms with Crippen LogP contribution in [0.2, 0.25) is 0 Å². The van der Waals surface area contributed by atoms with Crippen LogP contribution in [-0.4, -0.2) is 30.0 Å². The molecule has 0 heterocycles. The van der Waals surface area contributed by atoms with E-state index >= 15 is 0 Å². The van der Waals surface area contributed by atoms with E-state index in [1.54, 1.807) is 43.5 Å². The van der Waals surface area contributed by atoms with E-state index in [2.05, 4.69) is 26.6 Å². The summed E-state index contributed by atoms with van der Waals surface area (Å²) in [4.78, 5) is 24.7. The van der Waals surface area contributed by atoms with Gasteiger partial charge in [0, 0.05) is 27.2 Å². The summed E-state index contributed by atoms with van der Waals surface area (Å²) in [5.74, 6) is 0.537. The fourth-order valence-corrected chi connectivity index (χ4v) is 4.42. The fraction of sp³-hybridized carbons (Fsp3) is 0.273. The second-order valence-electron chi connectivity index (χ2n) is 7.65. The highest BCUT2D eigenvalue weighted by Crippen LogP contribution is 2.60. The number of amides is 2. The summed E-state index contributed by atoms with van der Waals surface area (Å²) in [6.45, 7) is 0. The summed E-state index contributed by atoms with van der Waals surface area (Å²) in [6.07, 6.45) is 5.69. The van der Waals surface area contributed by atoms with Gasteiger partial charge in [0.15, 0.2) is 0 Å². The van der Waals surface area contributed by atoms with Crippen LogP contribution in [0.4, 0.5) is 0 Å². The third-order valence-electron chi connectivity index (χ3n) is 5.45. The van der Waals surface area contributed by atoms with Gasteiger partial charge in [0.25, 0.3) is 5.91 Å². The molecule has 0 spiro atoms. The summed E-state index contributed by atoms with van der Waals surface area (Å²) >= 11 is 3.39. The van der Waals surface area contributed by atoms with Crippen molar-refractivity contribution in [2.24, 2.45) is 0 Å².